The fourth-order valence-electron chi connectivity index (χ4n) is 4.45. The van der Waals surface area contributed by atoms with Crippen molar-refractivity contribution >= 4 is 21.7 Å². The van der Waals surface area contributed by atoms with Gasteiger partial charge in [-0.05, 0) is 31.4 Å². The molecular weight excluding hydrogens is 462 g/mol. The highest BCUT2D eigenvalue weighted by Gasteiger charge is 2.55. The number of piperazine rings is 1. The molecule has 1 amide bonds. The van der Waals surface area contributed by atoms with E-state index < -0.39 is 20.7 Å². The number of pyridine rings is 1. The highest BCUT2D eigenvalue weighted by molar-refractivity contribution is 7.91. The summed E-state index contributed by atoms with van der Waals surface area (Å²) in [5.74, 6) is 0.614. The molecule has 1 aromatic rings. The minimum Gasteiger partial charge on any atom is -0.492 e. The second-order valence-corrected chi connectivity index (χ2v) is 11.0. The van der Waals surface area contributed by atoms with E-state index in [0.717, 1.165) is 18.7 Å². The molecule has 2 aliphatic rings. The Morgan fingerprint density at radius 2 is 1.85 bits per heavy atom. The van der Waals surface area contributed by atoms with Gasteiger partial charge in [-0.3, -0.25) is 10.0 Å². The Balaban J connectivity index is 1.64. The van der Waals surface area contributed by atoms with Gasteiger partial charge < -0.3 is 19.3 Å². The van der Waals surface area contributed by atoms with Crippen LogP contribution in [0.25, 0.3) is 0 Å². The average molecular weight is 500 g/mol. The van der Waals surface area contributed by atoms with Gasteiger partial charge >= 0.3 is 0 Å². The summed E-state index contributed by atoms with van der Waals surface area (Å²) < 4.78 is 37.8. The first-order chi connectivity index (χ1) is 16.4. The maximum Gasteiger partial charge on any atom is 0.266 e. The van der Waals surface area contributed by atoms with Crippen molar-refractivity contribution in [3.8, 4) is 5.75 Å². The molecule has 3 rings (SSSR count). The molecule has 0 aromatic carbocycles. The number of methoxy groups -OCH3 is 1. The van der Waals surface area contributed by atoms with Crippen LogP contribution in [0.15, 0.2) is 18.3 Å². The van der Waals surface area contributed by atoms with Crippen molar-refractivity contribution in [1.29, 1.82) is 0 Å². The Hall–Kier alpha value is -1.99. The summed E-state index contributed by atoms with van der Waals surface area (Å²) in [6.45, 7) is 6.24. The number of carbonyl (C=O) groups excluding carboxylic acids is 1. The average Bonchev–Trinajstić information content (AvgIpc) is 2.88. The van der Waals surface area contributed by atoms with Gasteiger partial charge in [-0.25, -0.2) is 18.9 Å². The van der Waals surface area contributed by atoms with Gasteiger partial charge in [-0.2, -0.15) is 4.31 Å². The van der Waals surface area contributed by atoms with Crippen molar-refractivity contribution in [2.75, 3.05) is 71.0 Å². The number of likely N-dealkylation sites (tertiary alicyclic amines) is 1. The number of anilines is 1. The number of rotatable bonds is 11. The second-order valence-electron chi connectivity index (χ2n) is 8.71. The molecule has 11 nitrogen and oxygen atoms in total. The number of sulfonamides is 1. The van der Waals surface area contributed by atoms with Crippen LogP contribution < -0.4 is 15.1 Å². The molecule has 2 N–H and O–H groups in total. The molecule has 2 aliphatic heterocycles. The van der Waals surface area contributed by atoms with Gasteiger partial charge in [0.05, 0.1) is 19.4 Å². The third-order valence-corrected chi connectivity index (χ3v) is 9.30. The van der Waals surface area contributed by atoms with Crippen LogP contribution in [0.3, 0.4) is 0 Å². The maximum atomic E-state index is 13.7. The summed E-state index contributed by atoms with van der Waals surface area (Å²) in [5.41, 5.74) is 1.62. The lowest BCUT2D eigenvalue weighted by molar-refractivity contribution is -0.133. The lowest BCUT2D eigenvalue weighted by Crippen LogP contribution is -2.63. The lowest BCUT2D eigenvalue weighted by atomic mass is 9.95. The molecule has 2 fully saturated rings. The molecule has 1 aromatic heterocycles. The van der Waals surface area contributed by atoms with Crippen molar-refractivity contribution in [3.63, 3.8) is 0 Å². The molecule has 34 heavy (non-hydrogen) atoms. The van der Waals surface area contributed by atoms with Crippen molar-refractivity contribution < 1.29 is 27.9 Å². The zero-order valence-electron chi connectivity index (χ0n) is 20.1. The first-order valence-corrected chi connectivity index (χ1v) is 13.3. The SMILES string of the molecule is CCCCOc1ccc(N2CCN(S(=O)(=O)C3(C(=O)NO)CCN(CCOC)CC3)CC2)nc1. The normalized spacial score (nSPS) is 19.7. The highest BCUT2D eigenvalue weighted by atomic mass is 32.2. The number of hydrogen-bond donors (Lipinski definition) is 2. The molecule has 3 heterocycles. The van der Waals surface area contributed by atoms with Crippen molar-refractivity contribution in [1.82, 2.24) is 19.7 Å². The number of nitrogens with zero attached hydrogens (tertiary/aromatic N) is 4. The molecule has 0 atom stereocenters. The fourth-order valence-corrected chi connectivity index (χ4v) is 6.56. The molecule has 0 aliphatic carbocycles. The molecule has 192 valence electrons. The Labute approximate surface area is 202 Å². The third kappa shape index (κ3) is 5.80. The topological polar surface area (TPSA) is 125 Å². The minimum atomic E-state index is -3.99. The molecule has 0 saturated carbocycles. The van der Waals surface area contributed by atoms with E-state index in [1.807, 2.05) is 17.0 Å². The smallest absolute Gasteiger partial charge is 0.266 e. The Bertz CT molecular complexity index is 882. The first kappa shape index (κ1) is 26.6. The zero-order valence-corrected chi connectivity index (χ0v) is 20.9. The van der Waals surface area contributed by atoms with E-state index in [1.165, 1.54) is 4.31 Å². The predicted octanol–water partition coefficient (Wildman–Crippen LogP) is 0.699. The van der Waals surface area contributed by atoms with Crippen molar-refractivity contribution in [3.05, 3.63) is 18.3 Å². The molecule has 0 unspecified atom stereocenters. The summed E-state index contributed by atoms with van der Waals surface area (Å²) in [5, 5.41) is 9.36. The van der Waals surface area contributed by atoms with Crippen LogP contribution >= 0.6 is 0 Å². The molecule has 0 radical (unpaired) electrons. The van der Waals surface area contributed by atoms with E-state index in [4.69, 9.17) is 9.47 Å². The molecule has 2 saturated heterocycles. The largest absolute Gasteiger partial charge is 0.492 e. The van der Waals surface area contributed by atoms with Gasteiger partial charge in [-0.15, -0.1) is 0 Å². The fraction of sp³-hybridized carbons (Fsp3) is 0.727. The van der Waals surface area contributed by atoms with Gasteiger partial charge in [0.1, 0.15) is 11.6 Å². The third-order valence-electron chi connectivity index (χ3n) is 6.67. The first-order valence-electron chi connectivity index (χ1n) is 11.9. The van der Waals surface area contributed by atoms with E-state index in [2.05, 4.69) is 16.8 Å². The summed E-state index contributed by atoms with van der Waals surface area (Å²) in [4.78, 5) is 21.2. The molecule has 12 heteroatoms. The van der Waals surface area contributed by atoms with Gasteiger partial charge in [0.25, 0.3) is 5.91 Å². The zero-order chi connectivity index (χ0) is 24.6. The number of amides is 1. The van der Waals surface area contributed by atoms with E-state index in [-0.39, 0.29) is 25.9 Å². The van der Waals surface area contributed by atoms with Crippen LogP contribution in [0.2, 0.25) is 0 Å². The Morgan fingerprint density at radius 1 is 1.15 bits per heavy atom. The summed E-state index contributed by atoms with van der Waals surface area (Å²) in [7, 11) is -2.38. The number of aromatic nitrogens is 1. The standard InChI is InChI=1S/C22H37N5O6S/c1-3-4-16-33-19-5-6-20(23-18-19)26-11-13-27(14-12-26)34(30,31)22(21(28)24-29)7-9-25(10-8-22)15-17-32-2/h5-6,18,29H,3-4,7-17H2,1-2H3,(H,24,28). The van der Waals surface area contributed by atoms with Crippen molar-refractivity contribution in [2.45, 2.75) is 37.4 Å². The Morgan fingerprint density at radius 3 is 2.41 bits per heavy atom. The second kappa shape index (κ2) is 12.1. The maximum absolute atomic E-state index is 13.7. The molecular formula is C22H37N5O6S. The number of carbonyl (C=O) groups is 1. The number of unbranched alkanes of at least 4 members (excludes halogenated alkanes) is 1. The van der Waals surface area contributed by atoms with E-state index >= 15 is 0 Å². The minimum absolute atomic E-state index is 0.118. The van der Waals surface area contributed by atoms with Gasteiger partial charge in [-0.1, -0.05) is 13.3 Å². The van der Waals surface area contributed by atoms with Crippen LogP contribution in [-0.2, 0) is 19.6 Å². The highest BCUT2D eigenvalue weighted by Crippen LogP contribution is 2.34. The van der Waals surface area contributed by atoms with Crippen LogP contribution in [-0.4, -0.2) is 105 Å². The number of hydroxylamine groups is 1. The van der Waals surface area contributed by atoms with Crippen molar-refractivity contribution in [2.24, 2.45) is 0 Å². The summed E-state index contributed by atoms with van der Waals surface area (Å²) >= 11 is 0. The van der Waals surface area contributed by atoms with Crippen LogP contribution in [0.5, 0.6) is 5.75 Å². The van der Waals surface area contributed by atoms with Gasteiger partial charge in [0.15, 0.2) is 4.75 Å². The van der Waals surface area contributed by atoms with Crippen LogP contribution in [0, 0.1) is 0 Å². The monoisotopic (exact) mass is 499 g/mol. The van der Waals surface area contributed by atoms with Gasteiger partial charge in [0, 0.05) is 52.9 Å². The predicted molar refractivity (Wildman–Crippen MR) is 128 cm³/mol. The number of hydrogen-bond acceptors (Lipinski definition) is 9. The van der Waals surface area contributed by atoms with E-state index in [9.17, 15) is 18.4 Å². The quantitative estimate of drug-likeness (QED) is 0.257. The van der Waals surface area contributed by atoms with Crippen LogP contribution in [0.4, 0.5) is 5.82 Å². The van der Waals surface area contributed by atoms with Crippen LogP contribution in [0.1, 0.15) is 32.6 Å². The lowest BCUT2D eigenvalue weighted by Gasteiger charge is -2.43. The van der Waals surface area contributed by atoms with Gasteiger partial charge in [0.2, 0.25) is 10.0 Å². The number of ether oxygens (including phenoxy) is 2. The summed E-state index contributed by atoms with van der Waals surface area (Å²) in [6, 6.07) is 3.75. The Kier molecular flexibility index (Phi) is 9.48. The number of nitrogens with one attached hydrogen (secondary N) is 1. The van der Waals surface area contributed by atoms with E-state index in [0.29, 0.717) is 51.7 Å². The molecule has 0 spiro atoms. The summed E-state index contributed by atoms with van der Waals surface area (Å²) in [6.07, 6.45) is 3.97. The van der Waals surface area contributed by atoms with E-state index in [1.54, 1.807) is 18.8 Å². The number of piperidine rings is 1. The molecule has 0 bridgehead atoms.